The Labute approximate surface area is 208 Å². The second-order valence-corrected chi connectivity index (χ2v) is 8.75. The molecule has 9 heteroatoms. The Hall–Kier alpha value is -4.37. The van der Waals surface area contributed by atoms with E-state index in [-0.39, 0.29) is 29.4 Å². The van der Waals surface area contributed by atoms with E-state index in [1.54, 1.807) is 54.6 Å². The van der Waals surface area contributed by atoms with Crippen molar-refractivity contribution in [2.45, 2.75) is 37.8 Å². The molecule has 0 unspecified atom stereocenters. The fourth-order valence-electron chi connectivity index (χ4n) is 3.99. The Kier molecular flexibility index (Phi) is 7.50. The van der Waals surface area contributed by atoms with Crippen LogP contribution in [0.15, 0.2) is 66.7 Å². The predicted octanol–water partition coefficient (Wildman–Crippen LogP) is 4.25. The van der Waals surface area contributed by atoms with Crippen LogP contribution in [0.2, 0.25) is 0 Å². The van der Waals surface area contributed by atoms with Gasteiger partial charge >= 0.3 is 5.97 Å². The van der Waals surface area contributed by atoms with Gasteiger partial charge in [-0.1, -0.05) is 0 Å². The fraction of sp³-hybridized carbons (Fsp3) is 0.222. The second-order valence-electron chi connectivity index (χ2n) is 8.75. The number of amides is 1. The van der Waals surface area contributed by atoms with Gasteiger partial charge in [-0.05, 0) is 86.3 Å². The van der Waals surface area contributed by atoms with Crippen LogP contribution in [0.1, 0.15) is 52.0 Å². The molecule has 0 saturated heterocycles. The molecule has 1 aliphatic rings. The van der Waals surface area contributed by atoms with E-state index in [1.807, 2.05) is 0 Å². The van der Waals surface area contributed by atoms with Gasteiger partial charge in [0.1, 0.15) is 28.8 Å². The fourth-order valence-corrected chi connectivity index (χ4v) is 3.99. The van der Waals surface area contributed by atoms with Gasteiger partial charge in [-0.3, -0.25) is 10.2 Å². The van der Waals surface area contributed by atoms with Crippen molar-refractivity contribution in [1.82, 2.24) is 5.32 Å². The topological polar surface area (TPSA) is 161 Å². The van der Waals surface area contributed by atoms with Crippen molar-refractivity contribution in [2.24, 2.45) is 11.5 Å². The zero-order valence-corrected chi connectivity index (χ0v) is 19.6. The monoisotopic (exact) mass is 488 g/mol. The lowest BCUT2D eigenvalue weighted by molar-refractivity contribution is 0.0696. The molecule has 9 nitrogen and oxygen atoms in total. The van der Waals surface area contributed by atoms with E-state index in [0.29, 0.717) is 34.1 Å². The minimum Gasteiger partial charge on any atom is -0.478 e. The van der Waals surface area contributed by atoms with E-state index >= 15 is 0 Å². The van der Waals surface area contributed by atoms with Crippen LogP contribution in [0.5, 0.6) is 23.0 Å². The lowest BCUT2D eigenvalue weighted by Gasteiger charge is -2.26. The van der Waals surface area contributed by atoms with Gasteiger partial charge in [-0.15, -0.1) is 0 Å². The quantitative estimate of drug-likeness (QED) is 0.234. The first kappa shape index (κ1) is 24.7. The number of amidine groups is 1. The maximum atomic E-state index is 13.1. The van der Waals surface area contributed by atoms with Gasteiger partial charge in [0.05, 0.1) is 5.56 Å². The molecule has 4 rings (SSSR count). The number of carboxylic acids is 1. The van der Waals surface area contributed by atoms with Crippen LogP contribution in [0.3, 0.4) is 0 Å². The van der Waals surface area contributed by atoms with Gasteiger partial charge in [-0.2, -0.15) is 0 Å². The zero-order valence-electron chi connectivity index (χ0n) is 19.6. The molecule has 1 saturated carbocycles. The van der Waals surface area contributed by atoms with E-state index in [4.69, 9.17) is 31.5 Å². The number of carboxylic acid groups (broad SMARTS) is 1. The maximum Gasteiger partial charge on any atom is 0.335 e. The minimum absolute atomic E-state index is 0.0477. The summed E-state index contributed by atoms with van der Waals surface area (Å²) in [5.74, 6) is 0.307. The van der Waals surface area contributed by atoms with E-state index < -0.39 is 5.97 Å². The number of nitrogen functional groups attached to an aromatic ring is 1. The molecule has 0 atom stereocenters. The molecule has 3 aromatic carbocycles. The van der Waals surface area contributed by atoms with Crippen LogP contribution in [0.25, 0.3) is 0 Å². The summed E-state index contributed by atoms with van der Waals surface area (Å²) < 4.78 is 11.9. The lowest BCUT2D eigenvalue weighted by Crippen LogP contribution is -2.40. The van der Waals surface area contributed by atoms with Crippen molar-refractivity contribution in [1.29, 1.82) is 5.41 Å². The van der Waals surface area contributed by atoms with Gasteiger partial charge < -0.3 is 31.4 Å². The smallest absolute Gasteiger partial charge is 0.335 e. The number of nitrogens with one attached hydrogen (secondary N) is 2. The predicted molar refractivity (Wildman–Crippen MR) is 135 cm³/mol. The Morgan fingerprint density at radius 3 is 1.75 bits per heavy atom. The molecule has 3 aromatic rings. The SMILES string of the molecule is N=C(N)c1ccc(Oc2cc(Oc3ccc(C(=O)O)cc3)cc(C(=O)NC3CCC(N)CC3)c2)cc1. The van der Waals surface area contributed by atoms with Gasteiger partial charge in [-0.25, -0.2) is 4.79 Å². The Bertz CT molecular complexity index is 1170. The van der Waals surface area contributed by atoms with Crippen LogP contribution in [-0.4, -0.2) is 34.9 Å². The number of aromatic carboxylic acids is 1. The summed E-state index contributed by atoms with van der Waals surface area (Å²) in [5.41, 5.74) is 12.6. The van der Waals surface area contributed by atoms with Crippen LogP contribution in [0.4, 0.5) is 0 Å². The van der Waals surface area contributed by atoms with Crippen LogP contribution in [0, 0.1) is 5.41 Å². The number of ether oxygens (including phenoxy) is 2. The molecule has 0 radical (unpaired) electrons. The first-order valence-electron chi connectivity index (χ1n) is 11.6. The van der Waals surface area contributed by atoms with E-state index in [1.165, 1.54) is 12.1 Å². The van der Waals surface area contributed by atoms with Crippen LogP contribution < -0.4 is 26.3 Å². The van der Waals surface area contributed by atoms with Gasteiger partial charge in [0.25, 0.3) is 5.91 Å². The molecule has 1 amide bonds. The molecule has 0 aromatic heterocycles. The number of nitrogens with two attached hydrogens (primary N) is 2. The standard InChI is InChI=1S/C27H28N4O5/c28-19-5-7-20(8-6-19)31-26(32)18-13-23(35-21-9-1-16(2-10-21)25(29)30)15-24(14-18)36-22-11-3-17(4-12-22)27(33)34/h1-4,9-15,19-20H,5-8,28H2,(H3,29,30)(H,31,32)(H,33,34). The highest BCUT2D eigenvalue weighted by molar-refractivity contribution is 5.95. The number of hydrogen-bond donors (Lipinski definition) is 5. The van der Waals surface area contributed by atoms with Crippen LogP contribution >= 0.6 is 0 Å². The molecule has 1 fully saturated rings. The van der Waals surface area contributed by atoms with Crippen LogP contribution in [-0.2, 0) is 0 Å². The van der Waals surface area contributed by atoms with Crippen molar-refractivity contribution in [3.63, 3.8) is 0 Å². The first-order chi connectivity index (χ1) is 17.3. The van der Waals surface area contributed by atoms with Crippen molar-refractivity contribution in [2.75, 3.05) is 0 Å². The summed E-state index contributed by atoms with van der Waals surface area (Å²) in [6, 6.07) is 17.8. The average Bonchev–Trinajstić information content (AvgIpc) is 2.86. The summed E-state index contributed by atoms with van der Waals surface area (Å²) in [6.07, 6.45) is 3.38. The number of hydrogen-bond acceptors (Lipinski definition) is 6. The Morgan fingerprint density at radius 1 is 0.778 bits per heavy atom. The molecule has 186 valence electrons. The number of carbonyl (C=O) groups excluding carboxylic acids is 1. The van der Waals surface area contributed by atoms with E-state index in [2.05, 4.69) is 5.32 Å². The summed E-state index contributed by atoms with van der Waals surface area (Å²) in [6.45, 7) is 0. The molecular formula is C27H28N4O5. The normalized spacial score (nSPS) is 17.1. The molecule has 7 N–H and O–H groups in total. The molecule has 1 aliphatic carbocycles. The Balaban J connectivity index is 1.58. The van der Waals surface area contributed by atoms with Crippen molar-refractivity contribution in [3.05, 3.63) is 83.4 Å². The summed E-state index contributed by atoms with van der Waals surface area (Å²) in [4.78, 5) is 24.2. The molecule has 36 heavy (non-hydrogen) atoms. The molecule has 0 spiro atoms. The number of carbonyl (C=O) groups is 2. The molecule has 0 aliphatic heterocycles. The van der Waals surface area contributed by atoms with Gasteiger partial charge in [0.2, 0.25) is 0 Å². The summed E-state index contributed by atoms with van der Waals surface area (Å²) in [7, 11) is 0. The maximum absolute atomic E-state index is 13.1. The second kappa shape index (κ2) is 10.9. The zero-order chi connectivity index (χ0) is 25.7. The third kappa shape index (κ3) is 6.39. The molecule has 0 bridgehead atoms. The summed E-state index contributed by atoms with van der Waals surface area (Å²) in [5, 5.41) is 19.7. The van der Waals surface area contributed by atoms with Gasteiger partial charge in [0, 0.05) is 29.3 Å². The minimum atomic E-state index is -1.03. The first-order valence-corrected chi connectivity index (χ1v) is 11.6. The number of rotatable bonds is 8. The largest absolute Gasteiger partial charge is 0.478 e. The van der Waals surface area contributed by atoms with Gasteiger partial charge in [0.15, 0.2) is 0 Å². The highest BCUT2D eigenvalue weighted by atomic mass is 16.5. The van der Waals surface area contributed by atoms with Crippen molar-refractivity contribution in [3.8, 4) is 23.0 Å². The Morgan fingerprint density at radius 2 is 1.28 bits per heavy atom. The van der Waals surface area contributed by atoms with Crippen molar-refractivity contribution < 1.29 is 24.2 Å². The highest BCUT2D eigenvalue weighted by Gasteiger charge is 2.21. The third-order valence-corrected chi connectivity index (χ3v) is 5.99. The lowest BCUT2D eigenvalue weighted by atomic mass is 9.91. The summed E-state index contributed by atoms with van der Waals surface area (Å²) >= 11 is 0. The van der Waals surface area contributed by atoms with Crippen molar-refractivity contribution >= 4 is 17.7 Å². The molecule has 0 heterocycles. The third-order valence-electron chi connectivity index (χ3n) is 5.99. The number of benzene rings is 3. The van der Waals surface area contributed by atoms with E-state index in [9.17, 15) is 9.59 Å². The molecular weight excluding hydrogens is 460 g/mol. The average molecular weight is 489 g/mol. The highest BCUT2D eigenvalue weighted by Crippen LogP contribution is 2.31. The van der Waals surface area contributed by atoms with E-state index in [0.717, 1.165) is 25.7 Å².